The minimum Gasteiger partial charge on any atom is -0.368 e. The summed E-state index contributed by atoms with van der Waals surface area (Å²) in [5.74, 6) is 0. The quantitative estimate of drug-likeness (QED) is 0.343. The lowest BCUT2D eigenvalue weighted by Crippen LogP contribution is -2.30. The predicted molar refractivity (Wildman–Crippen MR) is 138 cm³/mol. The first-order valence-electron chi connectivity index (χ1n) is 11.5. The fourth-order valence-electron chi connectivity index (χ4n) is 4.02. The van der Waals surface area contributed by atoms with Gasteiger partial charge in [0.1, 0.15) is 5.69 Å². The number of nitrogens with one attached hydrogen (secondary N) is 2. The summed E-state index contributed by atoms with van der Waals surface area (Å²) >= 11 is 0. The van der Waals surface area contributed by atoms with E-state index < -0.39 is 0 Å². The van der Waals surface area contributed by atoms with Crippen LogP contribution in [0, 0.1) is 0 Å². The number of anilines is 1. The zero-order chi connectivity index (χ0) is 23.5. The molecule has 3 aromatic heterocycles. The van der Waals surface area contributed by atoms with Gasteiger partial charge in [-0.05, 0) is 31.3 Å². The van der Waals surface area contributed by atoms with E-state index in [4.69, 9.17) is 9.97 Å². The Morgan fingerprint density at radius 2 is 1.71 bits per heavy atom. The van der Waals surface area contributed by atoms with Gasteiger partial charge in [-0.1, -0.05) is 56.3 Å². The number of benzene rings is 2. The number of pyridine rings is 2. The highest BCUT2D eigenvalue weighted by Crippen LogP contribution is 2.31. The molecule has 0 aliphatic carbocycles. The molecule has 0 bridgehead atoms. The zero-order valence-electron chi connectivity index (χ0n) is 19.2. The van der Waals surface area contributed by atoms with Crippen LogP contribution in [0.3, 0.4) is 0 Å². The molecule has 0 aliphatic heterocycles. The minimum absolute atomic E-state index is 0.170. The van der Waals surface area contributed by atoms with E-state index in [1.807, 2.05) is 60.7 Å². The maximum absolute atomic E-state index is 13.3. The Bertz CT molecular complexity index is 1510. The van der Waals surface area contributed by atoms with Crippen LogP contribution in [-0.2, 0) is 0 Å². The molecule has 0 atom stereocenters. The molecule has 7 nitrogen and oxygen atoms in total. The topological polar surface area (TPSA) is 86.8 Å². The fraction of sp³-hybridized carbons (Fsp3) is 0.185. The Morgan fingerprint density at radius 1 is 0.912 bits per heavy atom. The maximum atomic E-state index is 13.3. The third-order valence-corrected chi connectivity index (χ3v) is 6.02. The van der Waals surface area contributed by atoms with Gasteiger partial charge in [0.05, 0.1) is 23.6 Å². The number of fused-ring (bicyclic) bond motifs is 2. The van der Waals surface area contributed by atoms with Crippen molar-refractivity contribution in [1.82, 2.24) is 24.8 Å². The first-order valence-corrected chi connectivity index (χ1v) is 11.5. The fourth-order valence-corrected chi connectivity index (χ4v) is 4.02. The van der Waals surface area contributed by atoms with Gasteiger partial charge in [-0.15, -0.1) is 0 Å². The number of aromatic nitrogens is 4. The molecule has 0 fully saturated rings. The van der Waals surface area contributed by atoms with E-state index in [2.05, 4.69) is 34.0 Å². The third-order valence-electron chi connectivity index (χ3n) is 6.02. The van der Waals surface area contributed by atoms with Gasteiger partial charge in [0.2, 0.25) is 5.43 Å². The maximum Gasteiger partial charge on any atom is 0.232 e. The van der Waals surface area contributed by atoms with Gasteiger partial charge in [0, 0.05) is 28.9 Å². The second-order valence-electron chi connectivity index (χ2n) is 8.06. The minimum atomic E-state index is -0.170. The molecule has 2 aromatic carbocycles. The number of aromatic amines is 1. The molecule has 0 amide bonds. The number of hydrogen-bond acceptors (Lipinski definition) is 6. The van der Waals surface area contributed by atoms with Crippen LogP contribution in [0.15, 0.2) is 77.9 Å². The standard InChI is InChI=1S/C27H26N6O/c1-3-33(4-2)17-30-22-16-29-27-25(26(22)34)31-24(23(32-27)18-9-6-5-7-10-18)20-12-13-21-19(15-20)11-8-14-28-21/h5-16,30H,3-4,17H2,1-2H3,(H,29,32,34). The summed E-state index contributed by atoms with van der Waals surface area (Å²) in [5, 5.41) is 4.25. The van der Waals surface area contributed by atoms with Crippen molar-refractivity contribution in [3.63, 3.8) is 0 Å². The van der Waals surface area contributed by atoms with E-state index in [1.165, 1.54) is 0 Å². The molecular formula is C27H26N6O. The molecule has 0 aliphatic rings. The van der Waals surface area contributed by atoms with Crippen molar-refractivity contribution in [2.75, 3.05) is 25.1 Å². The Hall–Kier alpha value is -4.10. The molecule has 0 saturated heterocycles. The molecule has 5 aromatic rings. The Labute approximate surface area is 197 Å². The van der Waals surface area contributed by atoms with Gasteiger partial charge < -0.3 is 10.3 Å². The highest BCUT2D eigenvalue weighted by molar-refractivity contribution is 5.90. The summed E-state index contributed by atoms with van der Waals surface area (Å²) < 4.78 is 0. The van der Waals surface area contributed by atoms with E-state index in [9.17, 15) is 4.79 Å². The lowest BCUT2D eigenvalue weighted by molar-refractivity contribution is 0.326. The van der Waals surface area contributed by atoms with Crippen LogP contribution in [0.2, 0.25) is 0 Å². The van der Waals surface area contributed by atoms with Gasteiger partial charge in [-0.2, -0.15) is 0 Å². The number of rotatable bonds is 7. The van der Waals surface area contributed by atoms with E-state index in [-0.39, 0.29) is 5.43 Å². The molecule has 0 spiro atoms. The summed E-state index contributed by atoms with van der Waals surface area (Å²) in [5.41, 5.74) is 5.19. The highest BCUT2D eigenvalue weighted by Gasteiger charge is 2.17. The van der Waals surface area contributed by atoms with Gasteiger partial charge in [0.25, 0.3) is 0 Å². The van der Waals surface area contributed by atoms with Crippen LogP contribution < -0.4 is 10.7 Å². The first-order chi connectivity index (χ1) is 16.7. The number of hydrogen-bond donors (Lipinski definition) is 2. The highest BCUT2D eigenvalue weighted by atomic mass is 16.1. The molecule has 0 unspecified atom stereocenters. The Morgan fingerprint density at radius 3 is 2.50 bits per heavy atom. The van der Waals surface area contributed by atoms with E-state index >= 15 is 0 Å². The Balaban J connectivity index is 1.68. The Kier molecular flexibility index (Phi) is 6.01. The van der Waals surface area contributed by atoms with Crippen LogP contribution in [0.1, 0.15) is 13.8 Å². The number of nitrogens with zero attached hydrogens (tertiary/aromatic N) is 4. The van der Waals surface area contributed by atoms with Crippen molar-refractivity contribution in [3.8, 4) is 22.5 Å². The molecule has 2 N–H and O–H groups in total. The molecule has 5 rings (SSSR count). The monoisotopic (exact) mass is 450 g/mol. The summed E-state index contributed by atoms with van der Waals surface area (Å²) in [6.07, 6.45) is 3.46. The average Bonchev–Trinajstić information content (AvgIpc) is 2.90. The van der Waals surface area contributed by atoms with Crippen LogP contribution >= 0.6 is 0 Å². The van der Waals surface area contributed by atoms with Crippen molar-refractivity contribution in [2.24, 2.45) is 0 Å². The second-order valence-corrected chi connectivity index (χ2v) is 8.06. The second kappa shape index (κ2) is 9.41. The molecule has 7 heteroatoms. The van der Waals surface area contributed by atoms with Crippen molar-refractivity contribution in [2.45, 2.75) is 13.8 Å². The normalized spacial score (nSPS) is 11.4. The van der Waals surface area contributed by atoms with Crippen LogP contribution in [-0.4, -0.2) is 44.6 Å². The lowest BCUT2D eigenvalue weighted by Gasteiger charge is -2.19. The van der Waals surface area contributed by atoms with Crippen molar-refractivity contribution < 1.29 is 0 Å². The van der Waals surface area contributed by atoms with Crippen molar-refractivity contribution in [3.05, 3.63) is 83.3 Å². The average molecular weight is 451 g/mol. The van der Waals surface area contributed by atoms with Crippen LogP contribution in [0.5, 0.6) is 0 Å². The van der Waals surface area contributed by atoms with E-state index in [0.29, 0.717) is 29.2 Å². The smallest absolute Gasteiger partial charge is 0.232 e. The SMILES string of the molecule is CCN(CC)CNc1c[nH]c2nc(-c3ccccc3)c(-c3ccc4ncccc4c3)nc2c1=O. The lowest BCUT2D eigenvalue weighted by atomic mass is 10.0. The van der Waals surface area contributed by atoms with Crippen molar-refractivity contribution in [1.29, 1.82) is 0 Å². The van der Waals surface area contributed by atoms with Crippen LogP contribution in [0.4, 0.5) is 5.69 Å². The molecule has 0 saturated carbocycles. The molecular weight excluding hydrogens is 424 g/mol. The summed E-state index contributed by atoms with van der Waals surface area (Å²) in [4.78, 5) is 32.9. The summed E-state index contributed by atoms with van der Waals surface area (Å²) in [6, 6.07) is 19.8. The zero-order valence-corrected chi connectivity index (χ0v) is 19.2. The van der Waals surface area contributed by atoms with Gasteiger partial charge in [-0.25, -0.2) is 9.97 Å². The van der Waals surface area contributed by atoms with Crippen molar-refractivity contribution >= 4 is 27.8 Å². The van der Waals surface area contributed by atoms with E-state index in [1.54, 1.807) is 12.4 Å². The molecule has 34 heavy (non-hydrogen) atoms. The third kappa shape index (κ3) is 4.13. The largest absolute Gasteiger partial charge is 0.368 e. The summed E-state index contributed by atoms with van der Waals surface area (Å²) in [6.45, 7) is 6.57. The molecule has 170 valence electrons. The van der Waals surface area contributed by atoms with Crippen LogP contribution in [0.25, 0.3) is 44.6 Å². The predicted octanol–water partition coefficient (Wildman–Crippen LogP) is 4.91. The first kappa shape index (κ1) is 21.7. The molecule has 3 heterocycles. The van der Waals surface area contributed by atoms with Gasteiger partial charge in [-0.3, -0.25) is 14.7 Å². The summed E-state index contributed by atoms with van der Waals surface area (Å²) in [7, 11) is 0. The number of H-pyrrole nitrogens is 1. The van der Waals surface area contributed by atoms with Gasteiger partial charge in [0.15, 0.2) is 11.2 Å². The van der Waals surface area contributed by atoms with E-state index in [0.717, 1.165) is 40.8 Å². The van der Waals surface area contributed by atoms with Gasteiger partial charge >= 0.3 is 0 Å². The molecule has 0 radical (unpaired) electrons.